The van der Waals surface area contributed by atoms with Crippen LogP contribution in [0.5, 0.6) is 0 Å². The first-order valence-electron chi connectivity index (χ1n) is 6.05. The zero-order valence-corrected chi connectivity index (χ0v) is 11.3. The highest BCUT2D eigenvalue weighted by atomic mass is 32.1. The fourth-order valence-electron chi connectivity index (χ4n) is 2.05. The van der Waals surface area contributed by atoms with Gasteiger partial charge < -0.3 is 9.63 Å². The number of thiophene rings is 1. The molecular formula is C15H11NO3S. The first-order valence-corrected chi connectivity index (χ1v) is 6.93. The third-order valence-electron chi connectivity index (χ3n) is 2.96. The van der Waals surface area contributed by atoms with Gasteiger partial charge in [-0.05, 0) is 11.4 Å². The van der Waals surface area contributed by atoms with Crippen LogP contribution in [-0.2, 0) is 6.42 Å². The van der Waals surface area contributed by atoms with Crippen molar-refractivity contribution >= 4 is 17.3 Å². The van der Waals surface area contributed by atoms with Crippen LogP contribution >= 0.6 is 11.3 Å². The van der Waals surface area contributed by atoms with Crippen LogP contribution in [0.1, 0.15) is 20.9 Å². The van der Waals surface area contributed by atoms with Crippen molar-refractivity contribution in [2.45, 2.75) is 6.42 Å². The van der Waals surface area contributed by atoms with E-state index in [4.69, 9.17) is 4.52 Å². The lowest BCUT2D eigenvalue weighted by atomic mass is 10.0. The van der Waals surface area contributed by atoms with Gasteiger partial charge in [0.1, 0.15) is 0 Å². The number of carbonyl (C=O) groups is 1. The maximum Gasteiger partial charge on any atom is 0.358 e. The molecule has 0 radical (unpaired) electrons. The van der Waals surface area contributed by atoms with E-state index in [0.29, 0.717) is 17.7 Å². The summed E-state index contributed by atoms with van der Waals surface area (Å²) in [5.41, 5.74) is 1.43. The second-order valence-electron chi connectivity index (χ2n) is 4.27. The Morgan fingerprint density at radius 3 is 2.65 bits per heavy atom. The van der Waals surface area contributed by atoms with Crippen molar-refractivity contribution < 1.29 is 14.4 Å². The van der Waals surface area contributed by atoms with E-state index in [0.717, 1.165) is 10.4 Å². The average molecular weight is 285 g/mol. The summed E-state index contributed by atoms with van der Waals surface area (Å²) in [5, 5.41) is 14.9. The third kappa shape index (κ3) is 2.35. The molecular weight excluding hydrogens is 274 g/mol. The highest BCUT2D eigenvalue weighted by Crippen LogP contribution is 2.29. The lowest BCUT2D eigenvalue weighted by molar-refractivity contribution is 0.0685. The Morgan fingerprint density at radius 2 is 2.00 bits per heavy atom. The van der Waals surface area contributed by atoms with Crippen LogP contribution in [0.25, 0.3) is 11.3 Å². The quantitative estimate of drug-likeness (QED) is 0.794. The summed E-state index contributed by atoms with van der Waals surface area (Å²) in [4.78, 5) is 12.4. The molecule has 0 saturated heterocycles. The number of aromatic nitrogens is 1. The van der Waals surface area contributed by atoms with Gasteiger partial charge in [0.05, 0.1) is 0 Å². The van der Waals surface area contributed by atoms with Gasteiger partial charge in [-0.3, -0.25) is 0 Å². The summed E-state index contributed by atoms with van der Waals surface area (Å²) >= 11 is 1.58. The normalized spacial score (nSPS) is 10.6. The van der Waals surface area contributed by atoms with E-state index in [1.165, 1.54) is 0 Å². The fraction of sp³-hybridized carbons (Fsp3) is 0.0667. The lowest BCUT2D eigenvalue weighted by Gasteiger charge is -2.01. The molecule has 2 aromatic heterocycles. The largest absolute Gasteiger partial charge is 0.476 e. The van der Waals surface area contributed by atoms with Gasteiger partial charge in [-0.2, -0.15) is 0 Å². The van der Waals surface area contributed by atoms with Crippen molar-refractivity contribution in [1.29, 1.82) is 0 Å². The summed E-state index contributed by atoms with van der Waals surface area (Å²) in [6.07, 6.45) is 0.507. The molecule has 0 amide bonds. The van der Waals surface area contributed by atoms with Crippen LogP contribution in [0.2, 0.25) is 0 Å². The van der Waals surface area contributed by atoms with E-state index >= 15 is 0 Å². The molecule has 3 aromatic rings. The van der Waals surface area contributed by atoms with E-state index in [2.05, 4.69) is 5.16 Å². The van der Waals surface area contributed by atoms with Crippen molar-refractivity contribution in [3.63, 3.8) is 0 Å². The summed E-state index contributed by atoms with van der Waals surface area (Å²) in [7, 11) is 0. The highest BCUT2D eigenvalue weighted by molar-refractivity contribution is 7.09. The third-order valence-corrected chi connectivity index (χ3v) is 3.83. The highest BCUT2D eigenvalue weighted by Gasteiger charge is 2.22. The molecule has 0 aliphatic rings. The monoisotopic (exact) mass is 285 g/mol. The van der Waals surface area contributed by atoms with Crippen molar-refractivity contribution in [2.75, 3.05) is 0 Å². The molecule has 0 saturated carbocycles. The van der Waals surface area contributed by atoms with Gasteiger partial charge in [0.2, 0.25) is 0 Å². The molecule has 4 nitrogen and oxygen atoms in total. The molecule has 1 N–H and O–H groups in total. The van der Waals surface area contributed by atoms with Crippen LogP contribution in [0.3, 0.4) is 0 Å². The van der Waals surface area contributed by atoms with Gasteiger partial charge in [-0.15, -0.1) is 11.3 Å². The van der Waals surface area contributed by atoms with E-state index in [1.807, 2.05) is 47.8 Å². The van der Waals surface area contributed by atoms with Gasteiger partial charge >= 0.3 is 5.97 Å². The summed E-state index contributed by atoms with van der Waals surface area (Å²) in [5.74, 6) is -0.543. The van der Waals surface area contributed by atoms with E-state index in [-0.39, 0.29) is 5.69 Å². The van der Waals surface area contributed by atoms with E-state index in [1.54, 1.807) is 11.3 Å². The molecule has 1 aromatic carbocycles. The number of hydrogen-bond acceptors (Lipinski definition) is 4. The predicted octanol–water partition coefficient (Wildman–Crippen LogP) is 3.69. The van der Waals surface area contributed by atoms with Crippen LogP contribution in [0.4, 0.5) is 0 Å². The van der Waals surface area contributed by atoms with Crippen LogP contribution in [0, 0.1) is 0 Å². The van der Waals surface area contributed by atoms with Crippen molar-refractivity contribution in [3.8, 4) is 11.3 Å². The molecule has 100 valence electrons. The Kier molecular flexibility index (Phi) is 3.35. The second kappa shape index (κ2) is 5.30. The minimum Gasteiger partial charge on any atom is -0.476 e. The lowest BCUT2D eigenvalue weighted by Crippen LogP contribution is -2.02. The maximum atomic E-state index is 11.3. The molecule has 3 rings (SSSR count). The minimum absolute atomic E-state index is 0.0164. The molecule has 20 heavy (non-hydrogen) atoms. The van der Waals surface area contributed by atoms with Crippen LogP contribution < -0.4 is 0 Å². The Morgan fingerprint density at radius 1 is 1.20 bits per heavy atom. The summed E-state index contributed by atoms with van der Waals surface area (Å²) in [6.45, 7) is 0. The molecule has 5 heteroatoms. The predicted molar refractivity (Wildman–Crippen MR) is 76.0 cm³/mol. The maximum absolute atomic E-state index is 11.3. The van der Waals surface area contributed by atoms with Gasteiger partial charge in [-0.25, -0.2) is 4.79 Å². The first kappa shape index (κ1) is 12.6. The fourth-order valence-corrected chi connectivity index (χ4v) is 2.76. The first-order chi connectivity index (χ1) is 9.75. The second-order valence-corrected chi connectivity index (χ2v) is 5.30. The zero-order valence-electron chi connectivity index (χ0n) is 10.4. The van der Waals surface area contributed by atoms with Gasteiger partial charge in [0.25, 0.3) is 0 Å². The van der Waals surface area contributed by atoms with E-state index in [9.17, 15) is 9.90 Å². The molecule has 0 bridgehead atoms. The van der Waals surface area contributed by atoms with Gasteiger partial charge in [0, 0.05) is 22.4 Å². The Bertz CT molecular complexity index is 717. The number of carboxylic acids is 1. The summed E-state index contributed by atoms with van der Waals surface area (Å²) in [6, 6.07) is 13.3. The van der Waals surface area contributed by atoms with Crippen LogP contribution in [-0.4, -0.2) is 16.2 Å². The molecule has 0 aliphatic carbocycles. The zero-order chi connectivity index (χ0) is 13.9. The summed E-state index contributed by atoms with van der Waals surface area (Å²) < 4.78 is 5.27. The standard InChI is InChI=1S/C15H11NO3S/c17-15(18)13-12(9-11-7-4-8-20-11)14(19-16-13)10-5-2-1-3-6-10/h1-8H,9H2,(H,17,18). The molecule has 0 fully saturated rings. The molecule has 0 unspecified atom stereocenters. The number of rotatable bonds is 4. The topological polar surface area (TPSA) is 63.3 Å². The molecule has 2 heterocycles. The minimum atomic E-state index is -1.07. The number of benzene rings is 1. The number of aromatic carboxylic acids is 1. The Labute approximate surface area is 119 Å². The van der Waals surface area contributed by atoms with Crippen LogP contribution in [0.15, 0.2) is 52.4 Å². The van der Waals surface area contributed by atoms with E-state index < -0.39 is 5.97 Å². The Hall–Kier alpha value is -2.40. The molecule has 0 atom stereocenters. The molecule has 0 aliphatic heterocycles. The number of nitrogens with zero attached hydrogens (tertiary/aromatic N) is 1. The van der Waals surface area contributed by atoms with Gasteiger partial charge in [-0.1, -0.05) is 41.6 Å². The smallest absolute Gasteiger partial charge is 0.358 e. The number of hydrogen-bond donors (Lipinski definition) is 1. The average Bonchev–Trinajstić information content (AvgIpc) is 3.10. The van der Waals surface area contributed by atoms with Crippen molar-refractivity contribution in [1.82, 2.24) is 5.16 Å². The SMILES string of the molecule is O=C(O)c1noc(-c2ccccc2)c1Cc1cccs1. The van der Waals surface area contributed by atoms with Gasteiger partial charge in [0.15, 0.2) is 11.5 Å². The van der Waals surface area contributed by atoms with Crippen molar-refractivity contribution in [3.05, 3.63) is 64.0 Å². The van der Waals surface area contributed by atoms with Crippen molar-refractivity contribution in [2.24, 2.45) is 0 Å². The molecule has 0 spiro atoms. The number of carboxylic acid groups (broad SMARTS) is 1. The Balaban J connectivity index is 2.09.